The number of para-hydroxylation sites is 4. The van der Waals surface area contributed by atoms with E-state index in [1.165, 1.54) is 72.1 Å². The minimum Gasteiger partial charge on any atom is -0.266 e. The Morgan fingerprint density at radius 1 is 0.274 bits per heavy atom. The Hall–Kier alpha value is -8.19. The fraction of sp³-hybridized carbons (Fsp3) is 0.103. The van der Waals surface area contributed by atoms with Gasteiger partial charge in [-0.2, -0.15) is 0 Å². The molecule has 0 atom stereocenters. The number of hydrogen-bond acceptors (Lipinski definition) is 4. The van der Waals surface area contributed by atoms with E-state index >= 15 is 0 Å². The molecule has 4 heterocycles. The molecule has 15 rings (SSSR count). The van der Waals surface area contributed by atoms with E-state index in [0.29, 0.717) is 0 Å². The van der Waals surface area contributed by atoms with Crippen molar-refractivity contribution in [3.8, 4) is 77.9 Å². The third-order valence-electron chi connectivity index (χ3n) is 16.5. The van der Waals surface area contributed by atoms with Crippen LogP contribution in [-0.4, -0.2) is 19.9 Å². The first-order chi connectivity index (χ1) is 44.3. The summed E-state index contributed by atoms with van der Waals surface area (Å²) in [6.07, 6.45) is 7.39. The Kier molecular flexibility index (Phi) is 25.6. The average molecular weight is 1950 g/mol. The number of nitrogens with zero attached hydrogens (tertiary/aromatic N) is 4. The van der Waals surface area contributed by atoms with Crippen LogP contribution in [0.25, 0.3) is 122 Å². The van der Waals surface area contributed by atoms with Gasteiger partial charge in [0.25, 0.3) is 0 Å². The Labute approximate surface area is 617 Å². The quantitative estimate of drug-likeness (QED) is 0.149. The molecule has 0 amide bonds. The topological polar surface area (TPSA) is 51.6 Å². The number of hydrogen-bond donors (Lipinski definition) is 0. The monoisotopic (exact) mass is 1950 g/mol. The van der Waals surface area contributed by atoms with Crippen LogP contribution in [0.3, 0.4) is 0 Å². The zero-order valence-corrected chi connectivity index (χ0v) is 63.2. The van der Waals surface area contributed by atoms with Crippen molar-refractivity contribution in [1.29, 1.82) is 0 Å². The third kappa shape index (κ3) is 17.3. The summed E-state index contributed by atoms with van der Waals surface area (Å²) in [6, 6.07) is 102. The van der Waals surface area contributed by atoms with Gasteiger partial charge >= 0.3 is 0 Å². The molecule has 0 aliphatic heterocycles. The maximum atomic E-state index is 4.59. The summed E-state index contributed by atoms with van der Waals surface area (Å²) in [6.45, 7) is 17.5. The van der Waals surface area contributed by atoms with Crippen molar-refractivity contribution in [3.63, 3.8) is 0 Å². The first kappa shape index (κ1) is 72.6. The molecule has 0 aliphatic rings. The Bertz CT molecular complexity index is 5030. The van der Waals surface area contributed by atoms with Gasteiger partial charge in [-0.1, -0.05) is 212 Å². The standard InChI is InChI=1S/C24H20N.C23H18N.C21H14N.C19H18N.4Pt/c1-16-13-17(2)23(18(3)14-16)21-9-4-8-20(15-21)22-11-5-7-19-10-6-12-25-24(19)22;1-16-11-12-17(2)22(14-16)20-8-3-7-19(15-20)21-10-4-6-18-9-5-13-24-23(18)21;1-2-7-16(8-3-1)18-10-4-11-19(15-18)20-13-5-9-17-12-6-14-22-21(17)20;1-19(2,3)16-10-4-8-15(13-16)17-11-5-7-14-9-6-12-20-18(14)17;;;;/h4-7,9-15H,1-3H3;3-6,8-15H,1-2H3;1-10,12-15H;4-7,9-13H,1-3H3;;;;/q4*-1;;;;. The Morgan fingerprint density at radius 2 is 0.642 bits per heavy atom. The molecule has 11 aromatic carbocycles. The van der Waals surface area contributed by atoms with E-state index in [-0.39, 0.29) is 89.7 Å². The molecule has 15 aromatic rings. The molecule has 0 saturated heterocycles. The second-order valence-corrected chi connectivity index (χ2v) is 24.2. The first-order valence-corrected chi connectivity index (χ1v) is 31.0. The van der Waals surface area contributed by atoms with Crippen molar-refractivity contribution in [3.05, 3.63) is 337 Å². The number of fused-ring (bicyclic) bond motifs is 4. The van der Waals surface area contributed by atoms with E-state index in [2.05, 4.69) is 300 Å². The summed E-state index contributed by atoms with van der Waals surface area (Å²) in [5.41, 5.74) is 28.4. The smallest absolute Gasteiger partial charge is 0.0366 e. The van der Waals surface area contributed by atoms with E-state index < -0.39 is 0 Å². The zero-order chi connectivity index (χ0) is 62.8. The number of benzene rings is 11. The van der Waals surface area contributed by atoms with Crippen LogP contribution in [0.1, 0.15) is 54.2 Å². The number of aryl methyl sites for hydroxylation is 5. The third-order valence-corrected chi connectivity index (χ3v) is 16.5. The van der Waals surface area contributed by atoms with Gasteiger partial charge in [0, 0.05) is 131 Å². The van der Waals surface area contributed by atoms with Gasteiger partial charge in [-0.15, -0.1) is 142 Å². The average Bonchev–Trinajstić information content (AvgIpc) is 1.67. The molecule has 482 valence electrons. The van der Waals surface area contributed by atoms with Crippen LogP contribution in [0.2, 0.25) is 0 Å². The Balaban J connectivity index is 0.000000160. The summed E-state index contributed by atoms with van der Waals surface area (Å²) in [4.78, 5) is 18.2. The molecule has 0 saturated carbocycles. The maximum Gasteiger partial charge on any atom is 0.0366 e. The van der Waals surface area contributed by atoms with Crippen LogP contribution in [0.15, 0.2) is 280 Å². The van der Waals surface area contributed by atoms with Crippen LogP contribution in [0.5, 0.6) is 0 Å². The maximum absolute atomic E-state index is 4.59. The molecule has 0 aliphatic carbocycles. The van der Waals surface area contributed by atoms with Crippen LogP contribution < -0.4 is 0 Å². The molecule has 0 radical (unpaired) electrons. The molecule has 0 unspecified atom stereocenters. The van der Waals surface area contributed by atoms with Gasteiger partial charge in [0.05, 0.1) is 0 Å². The van der Waals surface area contributed by atoms with Gasteiger partial charge in [-0.25, -0.2) is 0 Å². The molecule has 4 nitrogen and oxygen atoms in total. The van der Waals surface area contributed by atoms with E-state index in [0.717, 1.165) is 82.7 Å². The van der Waals surface area contributed by atoms with Crippen molar-refractivity contribution in [2.45, 2.75) is 60.8 Å². The van der Waals surface area contributed by atoms with Crippen LogP contribution in [-0.2, 0) is 89.7 Å². The predicted octanol–water partition coefficient (Wildman–Crippen LogP) is 22.6. The second-order valence-electron chi connectivity index (χ2n) is 24.2. The fourth-order valence-electron chi connectivity index (χ4n) is 12.1. The molecule has 0 spiro atoms. The number of aromatic nitrogens is 4. The predicted molar refractivity (Wildman–Crippen MR) is 383 cm³/mol. The summed E-state index contributed by atoms with van der Waals surface area (Å²) in [7, 11) is 0. The van der Waals surface area contributed by atoms with E-state index in [1.807, 2.05) is 79.4 Å². The summed E-state index contributed by atoms with van der Waals surface area (Å²) in [5.74, 6) is 0. The van der Waals surface area contributed by atoms with Gasteiger partial charge in [-0.05, 0) is 119 Å². The fourth-order valence-corrected chi connectivity index (χ4v) is 12.1. The molecule has 4 aromatic heterocycles. The minimum absolute atomic E-state index is 0. The van der Waals surface area contributed by atoms with Gasteiger partial charge < -0.3 is 0 Å². The van der Waals surface area contributed by atoms with Gasteiger partial charge in [0.2, 0.25) is 0 Å². The second kappa shape index (κ2) is 33.5. The van der Waals surface area contributed by atoms with Crippen LogP contribution in [0.4, 0.5) is 0 Å². The van der Waals surface area contributed by atoms with E-state index in [4.69, 9.17) is 0 Å². The molecule has 95 heavy (non-hydrogen) atoms. The van der Waals surface area contributed by atoms with E-state index in [9.17, 15) is 0 Å². The first-order valence-electron chi connectivity index (χ1n) is 31.0. The van der Waals surface area contributed by atoms with E-state index in [1.54, 1.807) is 0 Å². The molecular formula is C87H70N4Pt4-4. The van der Waals surface area contributed by atoms with Gasteiger partial charge in [-0.3, -0.25) is 19.9 Å². The van der Waals surface area contributed by atoms with Crippen LogP contribution >= 0.6 is 0 Å². The van der Waals surface area contributed by atoms with Crippen molar-refractivity contribution < 1.29 is 84.3 Å². The SMILES string of the molecule is CC(C)(C)c1cc[c-]c(-c2cccc3cccnc23)c1.Cc1cc(C)c(-c2cc[c-]c(-c3cccc4cccnc34)c2)c(C)c1.Cc1ccc(C)c(-c2cc[c-]c(-c3cccc4cccnc34)c2)c1.[Pt].[Pt].[Pt].[Pt].[c-]1ccc(-c2ccccc2)cc1-c1cccc2cccnc12. The molecule has 0 N–H and O–H groups in total. The van der Waals surface area contributed by atoms with Gasteiger partial charge in [0.15, 0.2) is 0 Å². The van der Waals surface area contributed by atoms with Gasteiger partial charge in [0.1, 0.15) is 0 Å². The minimum atomic E-state index is 0. The van der Waals surface area contributed by atoms with Crippen molar-refractivity contribution in [2.24, 2.45) is 0 Å². The summed E-state index contributed by atoms with van der Waals surface area (Å²) < 4.78 is 0. The number of pyridine rings is 4. The largest absolute Gasteiger partial charge is 0.266 e. The molecule has 8 heteroatoms. The molecule has 0 bridgehead atoms. The molecular weight excluding hydrogens is 1880 g/mol. The van der Waals surface area contributed by atoms with Crippen molar-refractivity contribution in [1.82, 2.24) is 19.9 Å². The molecule has 0 fully saturated rings. The summed E-state index contributed by atoms with van der Waals surface area (Å²) >= 11 is 0. The normalized spacial score (nSPS) is 10.6. The number of rotatable bonds is 7. The van der Waals surface area contributed by atoms with Crippen LogP contribution in [0, 0.1) is 58.9 Å². The zero-order valence-electron chi connectivity index (χ0n) is 54.1. The summed E-state index contributed by atoms with van der Waals surface area (Å²) in [5, 5.41) is 4.63. The van der Waals surface area contributed by atoms with Crippen molar-refractivity contribution in [2.75, 3.05) is 0 Å². The van der Waals surface area contributed by atoms with Crippen molar-refractivity contribution >= 4 is 43.6 Å². The Morgan fingerprint density at radius 3 is 1.07 bits per heavy atom.